The first-order chi connectivity index (χ1) is 15.7. The molecule has 2 heterocycles. The molecule has 1 aromatic rings. The molecule has 0 bridgehead atoms. The number of ketones is 1. The maximum atomic E-state index is 13.8. The minimum Gasteiger partial charge on any atom is -0.472 e. The third-order valence-corrected chi connectivity index (χ3v) is 8.00. The zero-order valence-electron chi connectivity index (χ0n) is 18.9. The fourth-order valence-electron chi connectivity index (χ4n) is 6.53. The number of furan rings is 1. The second-order valence-corrected chi connectivity index (χ2v) is 9.75. The van der Waals surface area contributed by atoms with E-state index in [0.29, 0.717) is 24.8 Å². The van der Waals surface area contributed by atoms with Crippen molar-refractivity contribution >= 4 is 23.7 Å². The summed E-state index contributed by atoms with van der Waals surface area (Å²) in [5.74, 6) is -3.99. The average molecular weight is 457 g/mol. The van der Waals surface area contributed by atoms with Crippen molar-refractivity contribution < 1.29 is 37.8 Å². The molecule has 2 aliphatic carbocycles. The molecule has 0 aromatic carbocycles. The van der Waals surface area contributed by atoms with Gasteiger partial charge in [-0.25, -0.2) is 0 Å². The maximum absolute atomic E-state index is 13.8. The molecular formula is C24H27NO8. The van der Waals surface area contributed by atoms with E-state index in [1.807, 2.05) is 13.8 Å². The smallest absolute Gasteiger partial charge is 0.320 e. The summed E-state index contributed by atoms with van der Waals surface area (Å²) in [6, 6.07) is 3.43. The SMILES string of the molecule is COC(=O)[C@@H]1C[C@H](OC(=O)CC#N)C(=O)[C@H]2[C@@]1(C)CC[C@H]1C(=O)O[C@H](c3ccoc3)C[C@]21C. The Morgan fingerprint density at radius 1 is 1.27 bits per heavy atom. The van der Waals surface area contributed by atoms with Crippen LogP contribution < -0.4 is 0 Å². The number of esters is 3. The quantitative estimate of drug-likeness (QED) is 0.494. The molecule has 0 N–H and O–H groups in total. The summed E-state index contributed by atoms with van der Waals surface area (Å²) >= 11 is 0. The Morgan fingerprint density at radius 2 is 2.03 bits per heavy atom. The van der Waals surface area contributed by atoms with E-state index in [9.17, 15) is 19.2 Å². The number of nitriles is 1. The van der Waals surface area contributed by atoms with Crippen LogP contribution in [-0.4, -0.2) is 36.9 Å². The molecule has 1 saturated heterocycles. The van der Waals surface area contributed by atoms with Crippen molar-refractivity contribution in [2.75, 3.05) is 7.11 Å². The highest BCUT2D eigenvalue weighted by Gasteiger charge is 2.67. The summed E-state index contributed by atoms with van der Waals surface area (Å²) < 4.78 is 21.3. The Labute approximate surface area is 191 Å². The minimum atomic E-state index is -1.19. The summed E-state index contributed by atoms with van der Waals surface area (Å²) in [7, 11) is 1.29. The summed E-state index contributed by atoms with van der Waals surface area (Å²) in [5.41, 5.74) is -0.930. The summed E-state index contributed by atoms with van der Waals surface area (Å²) in [5, 5.41) is 8.81. The molecule has 176 valence electrons. The lowest BCUT2D eigenvalue weighted by atomic mass is 9.43. The number of hydrogen-bond acceptors (Lipinski definition) is 9. The van der Waals surface area contributed by atoms with Crippen molar-refractivity contribution in [1.29, 1.82) is 5.26 Å². The van der Waals surface area contributed by atoms with Crippen LogP contribution in [-0.2, 0) is 33.4 Å². The number of hydrogen-bond donors (Lipinski definition) is 0. The van der Waals surface area contributed by atoms with Crippen LogP contribution >= 0.6 is 0 Å². The lowest BCUT2D eigenvalue weighted by Crippen LogP contribution is -2.64. The van der Waals surface area contributed by atoms with E-state index in [1.165, 1.54) is 19.6 Å². The van der Waals surface area contributed by atoms with Crippen LogP contribution in [0.25, 0.3) is 0 Å². The number of fused-ring (bicyclic) bond motifs is 3. The van der Waals surface area contributed by atoms with Crippen LogP contribution in [0.3, 0.4) is 0 Å². The van der Waals surface area contributed by atoms with E-state index in [4.69, 9.17) is 23.9 Å². The van der Waals surface area contributed by atoms with Crippen molar-refractivity contribution in [3.63, 3.8) is 0 Å². The largest absolute Gasteiger partial charge is 0.472 e. The first-order valence-corrected chi connectivity index (χ1v) is 11.1. The molecule has 9 nitrogen and oxygen atoms in total. The van der Waals surface area contributed by atoms with E-state index >= 15 is 0 Å². The van der Waals surface area contributed by atoms with Gasteiger partial charge in [-0.1, -0.05) is 13.8 Å². The van der Waals surface area contributed by atoms with Gasteiger partial charge in [0.15, 0.2) is 11.9 Å². The van der Waals surface area contributed by atoms with E-state index in [1.54, 1.807) is 12.1 Å². The zero-order valence-corrected chi connectivity index (χ0v) is 18.9. The van der Waals surface area contributed by atoms with E-state index in [0.717, 1.165) is 0 Å². The number of nitrogens with zero attached hydrogens (tertiary/aromatic N) is 1. The molecule has 4 rings (SSSR count). The van der Waals surface area contributed by atoms with Gasteiger partial charge >= 0.3 is 17.9 Å². The van der Waals surface area contributed by atoms with Crippen LogP contribution in [0.4, 0.5) is 0 Å². The van der Waals surface area contributed by atoms with Gasteiger partial charge in [0.25, 0.3) is 0 Å². The topological polar surface area (TPSA) is 133 Å². The lowest BCUT2D eigenvalue weighted by Gasteiger charge is -2.61. The van der Waals surface area contributed by atoms with Crippen LogP contribution in [0.1, 0.15) is 57.6 Å². The Morgan fingerprint density at radius 3 is 2.67 bits per heavy atom. The van der Waals surface area contributed by atoms with Gasteiger partial charge in [-0.2, -0.15) is 5.26 Å². The number of cyclic esters (lactones) is 1. The third-order valence-electron chi connectivity index (χ3n) is 8.00. The van der Waals surface area contributed by atoms with Crippen molar-refractivity contribution in [2.45, 2.75) is 58.2 Å². The molecule has 1 aliphatic heterocycles. The second kappa shape index (κ2) is 8.32. The molecule has 0 radical (unpaired) electrons. The fraction of sp³-hybridized carbons (Fsp3) is 0.625. The fourth-order valence-corrected chi connectivity index (χ4v) is 6.53. The molecule has 3 aliphatic rings. The molecule has 3 fully saturated rings. The highest BCUT2D eigenvalue weighted by atomic mass is 16.6. The molecular weight excluding hydrogens is 430 g/mol. The van der Waals surface area contributed by atoms with E-state index in [-0.39, 0.29) is 18.2 Å². The first kappa shape index (κ1) is 23.0. The number of rotatable bonds is 4. The predicted octanol–water partition coefficient (Wildman–Crippen LogP) is 2.89. The number of carbonyl (C=O) groups is 4. The second-order valence-electron chi connectivity index (χ2n) is 9.75. The molecule has 7 atom stereocenters. The van der Waals surface area contributed by atoms with Gasteiger partial charge in [0.1, 0.15) is 12.5 Å². The zero-order chi connectivity index (χ0) is 24.0. The Bertz CT molecular complexity index is 1010. The summed E-state index contributed by atoms with van der Waals surface area (Å²) in [6.45, 7) is 3.78. The van der Waals surface area contributed by atoms with Crippen molar-refractivity contribution in [2.24, 2.45) is 28.6 Å². The number of carbonyl (C=O) groups excluding carboxylic acids is 4. The molecule has 9 heteroatoms. The van der Waals surface area contributed by atoms with Gasteiger partial charge in [0, 0.05) is 17.9 Å². The standard InChI is InChI=1S/C24H27NO8/c1-23-7-4-14-22(29)33-17(13-6-9-31-12-13)11-24(14,2)20(23)19(27)16(32-18(26)5-8-25)10-15(23)21(28)30-3/h6,9,12,14-17,20H,4-5,7,10-11H2,1-3H3/t14-,15-,16-,17-,20-,23-,24-/m0/s1. The highest BCUT2D eigenvalue weighted by molar-refractivity contribution is 5.93. The van der Waals surface area contributed by atoms with Crippen molar-refractivity contribution in [3.8, 4) is 6.07 Å². The van der Waals surface area contributed by atoms with Gasteiger partial charge in [0.05, 0.1) is 37.5 Å². The summed E-state index contributed by atoms with van der Waals surface area (Å²) in [6.07, 6.45) is 2.01. The Hall–Kier alpha value is -3.15. The van der Waals surface area contributed by atoms with Gasteiger partial charge < -0.3 is 18.6 Å². The summed E-state index contributed by atoms with van der Waals surface area (Å²) in [4.78, 5) is 51.8. The molecule has 33 heavy (non-hydrogen) atoms. The monoisotopic (exact) mass is 457 g/mol. The minimum absolute atomic E-state index is 0.00791. The number of Topliss-reactive ketones (excluding diaryl/α,β-unsaturated/α-hetero) is 1. The van der Waals surface area contributed by atoms with Crippen LogP contribution in [0, 0.1) is 39.9 Å². The van der Waals surface area contributed by atoms with Gasteiger partial charge in [-0.3, -0.25) is 19.2 Å². The van der Waals surface area contributed by atoms with Crippen LogP contribution in [0.15, 0.2) is 23.0 Å². The van der Waals surface area contributed by atoms with E-state index < -0.39 is 59.2 Å². The maximum Gasteiger partial charge on any atom is 0.320 e. The molecule has 2 saturated carbocycles. The third kappa shape index (κ3) is 3.62. The predicted molar refractivity (Wildman–Crippen MR) is 110 cm³/mol. The first-order valence-electron chi connectivity index (χ1n) is 11.1. The van der Waals surface area contributed by atoms with Crippen molar-refractivity contribution in [3.05, 3.63) is 24.2 Å². The average Bonchev–Trinajstić information content (AvgIpc) is 3.29. The molecule has 0 spiro atoms. The normalized spacial score (nSPS) is 37.7. The Kier molecular flexibility index (Phi) is 5.81. The lowest BCUT2D eigenvalue weighted by molar-refractivity contribution is -0.210. The highest BCUT2D eigenvalue weighted by Crippen LogP contribution is 2.65. The Balaban J connectivity index is 1.77. The van der Waals surface area contributed by atoms with E-state index in [2.05, 4.69) is 0 Å². The number of methoxy groups -OCH3 is 1. The molecule has 0 amide bonds. The van der Waals surface area contributed by atoms with Crippen LogP contribution in [0.5, 0.6) is 0 Å². The number of ether oxygens (including phenoxy) is 3. The van der Waals surface area contributed by atoms with Crippen molar-refractivity contribution in [1.82, 2.24) is 0 Å². The van der Waals surface area contributed by atoms with Gasteiger partial charge in [-0.05, 0) is 36.2 Å². The molecule has 1 aromatic heterocycles. The van der Waals surface area contributed by atoms with Gasteiger partial charge in [-0.15, -0.1) is 0 Å². The molecule has 0 unspecified atom stereocenters. The van der Waals surface area contributed by atoms with Crippen LogP contribution in [0.2, 0.25) is 0 Å². The van der Waals surface area contributed by atoms with Gasteiger partial charge in [0.2, 0.25) is 0 Å².